The summed E-state index contributed by atoms with van der Waals surface area (Å²) in [6, 6.07) is 5.14. The SMILES string of the molecule is Cc1ccc(C(O)CNC(=O)c2cc(C)oc2C)o1. The summed E-state index contributed by atoms with van der Waals surface area (Å²) >= 11 is 0. The molecule has 2 aromatic rings. The van der Waals surface area contributed by atoms with Crippen LogP contribution in [-0.2, 0) is 0 Å². The standard InChI is InChI=1S/C14H17NO4/c1-8-4-5-13(19-8)12(16)7-15-14(17)11-6-9(2)18-10(11)3/h4-6,12,16H,7H2,1-3H3,(H,15,17). The van der Waals surface area contributed by atoms with Crippen LogP contribution in [0.2, 0.25) is 0 Å². The number of hydrogen-bond donors (Lipinski definition) is 2. The molecule has 0 bridgehead atoms. The van der Waals surface area contributed by atoms with Crippen molar-refractivity contribution in [2.75, 3.05) is 6.54 Å². The molecule has 2 N–H and O–H groups in total. The molecule has 0 fully saturated rings. The number of furan rings is 2. The lowest BCUT2D eigenvalue weighted by atomic mass is 10.2. The Morgan fingerprint density at radius 1 is 1.26 bits per heavy atom. The van der Waals surface area contributed by atoms with Crippen LogP contribution in [0.4, 0.5) is 0 Å². The van der Waals surface area contributed by atoms with Crippen molar-refractivity contribution in [1.82, 2.24) is 5.32 Å². The van der Waals surface area contributed by atoms with E-state index < -0.39 is 6.10 Å². The molecule has 2 rings (SSSR count). The minimum atomic E-state index is -0.856. The fraction of sp³-hybridized carbons (Fsp3) is 0.357. The van der Waals surface area contributed by atoms with E-state index in [1.54, 1.807) is 39.0 Å². The van der Waals surface area contributed by atoms with Crippen LogP contribution in [0.15, 0.2) is 27.0 Å². The molecule has 2 aromatic heterocycles. The molecule has 5 nitrogen and oxygen atoms in total. The molecule has 5 heteroatoms. The molecule has 0 spiro atoms. The first kappa shape index (κ1) is 13.4. The predicted molar refractivity (Wildman–Crippen MR) is 68.9 cm³/mol. The highest BCUT2D eigenvalue weighted by Gasteiger charge is 2.16. The first-order valence-electron chi connectivity index (χ1n) is 6.07. The molecule has 0 aliphatic heterocycles. The largest absolute Gasteiger partial charge is 0.466 e. The Morgan fingerprint density at radius 2 is 2.00 bits per heavy atom. The van der Waals surface area contributed by atoms with Crippen molar-refractivity contribution >= 4 is 5.91 Å². The minimum absolute atomic E-state index is 0.0927. The topological polar surface area (TPSA) is 75.6 Å². The highest BCUT2D eigenvalue weighted by atomic mass is 16.4. The molecule has 2 heterocycles. The lowest BCUT2D eigenvalue weighted by Crippen LogP contribution is -2.28. The van der Waals surface area contributed by atoms with E-state index in [0.717, 1.165) is 5.76 Å². The Morgan fingerprint density at radius 3 is 2.53 bits per heavy atom. The van der Waals surface area contributed by atoms with Crippen molar-refractivity contribution in [1.29, 1.82) is 0 Å². The van der Waals surface area contributed by atoms with Gasteiger partial charge in [0.25, 0.3) is 5.91 Å². The van der Waals surface area contributed by atoms with Crippen molar-refractivity contribution in [3.63, 3.8) is 0 Å². The molecular weight excluding hydrogens is 246 g/mol. The molecule has 19 heavy (non-hydrogen) atoms. The Hall–Kier alpha value is -2.01. The summed E-state index contributed by atoms with van der Waals surface area (Å²) in [6.45, 7) is 5.40. The van der Waals surface area contributed by atoms with Gasteiger partial charge in [-0.1, -0.05) is 0 Å². The molecule has 0 aliphatic carbocycles. The number of aliphatic hydroxyl groups excluding tert-OH is 1. The van der Waals surface area contributed by atoms with Crippen LogP contribution in [0.1, 0.15) is 39.5 Å². The molecule has 0 saturated heterocycles. The number of carbonyl (C=O) groups excluding carboxylic acids is 1. The van der Waals surface area contributed by atoms with Gasteiger partial charge in [-0.25, -0.2) is 0 Å². The summed E-state index contributed by atoms with van der Waals surface area (Å²) in [5, 5.41) is 12.5. The van der Waals surface area contributed by atoms with E-state index in [9.17, 15) is 9.90 Å². The number of aryl methyl sites for hydroxylation is 3. The van der Waals surface area contributed by atoms with Crippen molar-refractivity contribution < 1.29 is 18.7 Å². The van der Waals surface area contributed by atoms with Gasteiger partial charge in [-0.15, -0.1) is 0 Å². The average Bonchev–Trinajstić information content (AvgIpc) is 2.92. The van der Waals surface area contributed by atoms with Crippen LogP contribution >= 0.6 is 0 Å². The predicted octanol–water partition coefficient (Wildman–Crippen LogP) is 2.26. The third-order valence-corrected chi connectivity index (χ3v) is 2.83. The third kappa shape index (κ3) is 3.06. The second-order valence-corrected chi connectivity index (χ2v) is 4.50. The van der Waals surface area contributed by atoms with E-state index in [0.29, 0.717) is 22.8 Å². The number of aliphatic hydroxyl groups is 1. The van der Waals surface area contributed by atoms with Gasteiger partial charge in [0, 0.05) is 0 Å². The third-order valence-electron chi connectivity index (χ3n) is 2.83. The van der Waals surface area contributed by atoms with Gasteiger partial charge in [0.2, 0.25) is 0 Å². The highest BCUT2D eigenvalue weighted by molar-refractivity contribution is 5.95. The molecule has 0 aliphatic rings. The van der Waals surface area contributed by atoms with Gasteiger partial charge >= 0.3 is 0 Å². The maximum Gasteiger partial charge on any atom is 0.254 e. The van der Waals surface area contributed by atoms with E-state index in [-0.39, 0.29) is 12.5 Å². The van der Waals surface area contributed by atoms with Crippen LogP contribution in [-0.4, -0.2) is 17.6 Å². The fourth-order valence-corrected chi connectivity index (χ4v) is 1.87. The van der Waals surface area contributed by atoms with Crippen molar-refractivity contribution in [2.24, 2.45) is 0 Å². The second-order valence-electron chi connectivity index (χ2n) is 4.50. The quantitative estimate of drug-likeness (QED) is 0.887. The monoisotopic (exact) mass is 263 g/mol. The first-order chi connectivity index (χ1) is 8.97. The normalized spacial score (nSPS) is 12.4. The molecule has 0 aromatic carbocycles. The zero-order chi connectivity index (χ0) is 14.0. The van der Waals surface area contributed by atoms with Gasteiger partial charge < -0.3 is 19.3 Å². The molecule has 1 amide bonds. The van der Waals surface area contributed by atoms with Crippen LogP contribution in [0.5, 0.6) is 0 Å². The summed E-state index contributed by atoms with van der Waals surface area (Å²) in [7, 11) is 0. The van der Waals surface area contributed by atoms with E-state index in [4.69, 9.17) is 8.83 Å². The Labute approximate surface area is 111 Å². The van der Waals surface area contributed by atoms with Gasteiger partial charge in [0.15, 0.2) is 0 Å². The van der Waals surface area contributed by atoms with E-state index in [2.05, 4.69) is 5.32 Å². The van der Waals surface area contributed by atoms with Crippen molar-refractivity contribution in [3.8, 4) is 0 Å². The lowest BCUT2D eigenvalue weighted by Gasteiger charge is -2.09. The fourth-order valence-electron chi connectivity index (χ4n) is 1.87. The molecule has 0 radical (unpaired) electrons. The van der Waals surface area contributed by atoms with E-state index in [1.807, 2.05) is 0 Å². The van der Waals surface area contributed by atoms with Crippen LogP contribution in [0.3, 0.4) is 0 Å². The molecule has 1 atom stereocenters. The lowest BCUT2D eigenvalue weighted by molar-refractivity contribution is 0.0899. The summed E-state index contributed by atoms with van der Waals surface area (Å²) in [4.78, 5) is 11.9. The molecule has 1 unspecified atom stereocenters. The van der Waals surface area contributed by atoms with E-state index in [1.165, 1.54) is 0 Å². The zero-order valence-corrected chi connectivity index (χ0v) is 11.2. The number of rotatable bonds is 4. The van der Waals surface area contributed by atoms with Crippen molar-refractivity contribution in [3.05, 3.63) is 46.8 Å². The number of hydrogen-bond acceptors (Lipinski definition) is 4. The average molecular weight is 263 g/mol. The Kier molecular flexibility index (Phi) is 3.76. The number of amides is 1. The Bertz CT molecular complexity index is 582. The molecule has 102 valence electrons. The maximum absolute atomic E-state index is 11.9. The van der Waals surface area contributed by atoms with Gasteiger partial charge in [0.05, 0.1) is 12.1 Å². The Balaban J connectivity index is 1.95. The minimum Gasteiger partial charge on any atom is -0.466 e. The van der Waals surface area contributed by atoms with Gasteiger partial charge in [0.1, 0.15) is 29.1 Å². The highest BCUT2D eigenvalue weighted by Crippen LogP contribution is 2.16. The smallest absolute Gasteiger partial charge is 0.254 e. The number of nitrogens with one attached hydrogen (secondary N) is 1. The van der Waals surface area contributed by atoms with Crippen LogP contribution in [0.25, 0.3) is 0 Å². The maximum atomic E-state index is 11.9. The molecule has 0 saturated carbocycles. The molecular formula is C14H17NO4. The van der Waals surface area contributed by atoms with Crippen LogP contribution < -0.4 is 5.32 Å². The summed E-state index contributed by atoms with van der Waals surface area (Å²) in [6.07, 6.45) is -0.856. The summed E-state index contributed by atoms with van der Waals surface area (Å²) < 4.78 is 10.6. The second kappa shape index (κ2) is 5.32. The summed E-state index contributed by atoms with van der Waals surface area (Å²) in [5.74, 6) is 2.15. The van der Waals surface area contributed by atoms with Gasteiger partial charge in [-0.05, 0) is 39.0 Å². The van der Waals surface area contributed by atoms with Gasteiger partial charge in [-0.3, -0.25) is 4.79 Å². The number of carbonyl (C=O) groups is 1. The van der Waals surface area contributed by atoms with E-state index >= 15 is 0 Å². The van der Waals surface area contributed by atoms with Crippen LogP contribution in [0, 0.1) is 20.8 Å². The summed E-state index contributed by atoms with van der Waals surface area (Å²) in [5.41, 5.74) is 0.486. The van der Waals surface area contributed by atoms with Gasteiger partial charge in [-0.2, -0.15) is 0 Å². The van der Waals surface area contributed by atoms with Crippen molar-refractivity contribution in [2.45, 2.75) is 26.9 Å². The zero-order valence-electron chi connectivity index (χ0n) is 11.2. The first-order valence-corrected chi connectivity index (χ1v) is 6.07.